The molecule has 1 aromatic heterocycles. The summed E-state index contributed by atoms with van der Waals surface area (Å²) < 4.78 is 12.0. The van der Waals surface area contributed by atoms with Gasteiger partial charge in [0, 0.05) is 6.54 Å². The van der Waals surface area contributed by atoms with E-state index < -0.39 is 0 Å². The highest BCUT2D eigenvalue weighted by molar-refractivity contribution is 6.28. The first-order valence-electron chi connectivity index (χ1n) is 7.50. The molecule has 0 atom stereocenters. The number of benzene rings is 2. The Morgan fingerprint density at radius 1 is 1.08 bits per heavy atom. The topological polar surface area (TPSA) is 53.4 Å². The summed E-state index contributed by atoms with van der Waals surface area (Å²) in [6.07, 6.45) is 0.625. The molecule has 0 aliphatic carbocycles. The number of methoxy groups -OCH3 is 2. The molecule has 3 aromatic rings. The molecule has 24 heavy (non-hydrogen) atoms. The second-order valence-electron chi connectivity index (χ2n) is 5.29. The Morgan fingerprint density at radius 3 is 2.58 bits per heavy atom. The van der Waals surface area contributed by atoms with E-state index in [1.165, 1.54) is 4.57 Å². The monoisotopic (exact) mass is 344 g/mol. The number of aryl methyl sites for hydroxylation is 1. The third kappa shape index (κ3) is 3.08. The summed E-state index contributed by atoms with van der Waals surface area (Å²) in [5.74, 6) is 1.33. The highest BCUT2D eigenvalue weighted by atomic mass is 35.5. The van der Waals surface area contributed by atoms with Gasteiger partial charge in [0.15, 0.2) is 11.5 Å². The average Bonchev–Trinajstić information content (AvgIpc) is 2.61. The van der Waals surface area contributed by atoms with Gasteiger partial charge in [0.05, 0.1) is 25.1 Å². The van der Waals surface area contributed by atoms with E-state index in [0.29, 0.717) is 35.4 Å². The van der Waals surface area contributed by atoms with E-state index in [4.69, 9.17) is 21.1 Å². The summed E-state index contributed by atoms with van der Waals surface area (Å²) in [5, 5.41) is 0.758. The van der Waals surface area contributed by atoms with Gasteiger partial charge in [-0.25, -0.2) is 4.98 Å². The second-order valence-corrected chi connectivity index (χ2v) is 5.63. The zero-order valence-corrected chi connectivity index (χ0v) is 14.2. The second kappa shape index (κ2) is 6.93. The lowest BCUT2D eigenvalue weighted by atomic mass is 10.1. The van der Waals surface area contributed by atoms with Gasteiger partial charge in [0.25, 0.3) is 5.56 Å². The van der Waals surface area contributed by atoms with Crippen molar-refractivity contribution in [2.75, 3.05) is 14.2 Å². The van der Waals surface area contributed by atoms with Gasteiger partial charge in [-0.05, 0) is 47.9 Å². The molecule has 0 radical (unpaired) electrons. The van der Waals surface area contributed by atoms with E-state index >= 15 is 0 Å². The highest BCUT2D eigenvalue weighted by Gasteiger charge is 2.10. The maximum absolute atomic E-state index is 12.6. The fourth-order valence-electron chi connectivity index (χ4n) is 2.61. The molecule has 0 fully saturated rings. The third-order valence-corrected chi connectivity index (χ3v) is 4.18. The number of hydrogen-bond acceptors (Lipinski definition) is 4. The summed E-state index contributed by atoms with van der Waals surface area (Å²) in [6, 6.07) is 12.9. The lowest BCUT2D eigenvalue weighted by molar-refractivity contribution is 0.354. The summed E-state index contributed by atoms with van der Waals surface area (Å²) >= 11 is 6.19. The van der Waals surface area contributed by atoms with Crippen LogP contribution in [-0.4, -0.2) is 23.8 Å². The zero-order valence-electron chi connectivity index (χ0n) is 13.5. The first-order chi connectivity index (χ1) is 11.6. The van der Waals surface area contributed by atoms with Gasteiger partial charge in [-0.1, -0.05) is 18.2 Å². The van der Waals surface area contributed by atoms with Crippen LogP contribution < -0.4 is 15.0 Å². The molecule has 0 N–H and O–H groups in total. The number of hydrogen-bond donors (Lipinski definition) is 0. The van der Waals surface area contributed by atoms with Crippen LogP contribution in [0.3, 0.4) is 0 Å². The van der Waals surface area contributed by atoms with Crippen LogP contribution in [0.15, 0.2) is 47.3 Å². The quantitative estimate of drug-likeness (QED) is 0.666. The van der Waals surface area contributed by atoms with Crippen molar-refractivity contribution >= 4 is 22.5 Å². The number of rotatable bonds is 5. The molecule has 2 aromatic carbocycles. The van der Waals surface area contributed by atoms with Crippen molar-refractivity contribution in [2.45, 2.75) is 13.0 Å². The molecule has 0 unspecified atom stereocenters. The molecular weight excluding hydrogens is 328 g/mol. The van der Waals surface area contributed by atoms with Crippen LogP contribution in [0.25, 0.3) is 10.9 Å². The minimum Gasteiger partial charge on any atom is -0.493 e. The van der Waals surface area contributed by atoms with Crippen molar-refractivity contribution in [1.29, 1.82) is 0 Å². The number of para-hydroxylation sites is 1. The number of ether oxygens (including phenoxy) is 2. The molecule has 0 saturated heterocycles. The minimum absolute atomic E-state index is 0.133. The van der Waals surface area contributed by atoms with Crippen LogP contribution >= 0.6 is 11.6 Å². The van der Waals surface area contributed by atoms with Gasteiger partial charge in [-0.15, -0.1) is 0 Å². The van der Waals surface area contributed by atoms with Crippen molar-refractivity contribution in [2.24, 2.45) is 0 Å². The maximum Gasteiger partial charge on any atom is 0.262 e. The van der Waals surface area contributed by atoms with Crippen molar-refractivity contribution in [3.8, 4) is 11.5 Å². The molecule has 124 valence electrons. The molecule has 0 aliphatic rings. The number of nitrogens with zero attached hydrogens (tertiary/aromatic N) is 2. The van der Waals surface area contributed by atoms with Gasteiger partial charge in [0.1, 0.15) is 0 Å². The smallest absolute Gasteiger partial charge is 0.262 e. The van der Waals surface area contributed by atoms with E-state index in [1.807, 2.05) is 30.3 Å². The maximum atomic E-state index is 12.6. The van der Waals surface area contributed by atoms with E-state index in [9.17, 15) is 4.79 Å². The lowest BCUT2D eigenvalue weighted by Crippen LogP contribution is -2.23. The van der Waals surface area contributed by atoms with Crippen molar-refractivity contribution in [1.82, 2.24) is 9.55 Å². The molecule has 5 nitrogen and oxygen atoms in total. The predicted octanol–water partition coefficient (Wildman–Crippen LogP) is 3.31. The van der Waals surface area contributed by atoms with Gasteiger partial charge in [-0.2, -0.15) is 0 Å². The van der Waals surface area contributed by atoms with E-state index in [2.05, 4.69) is 4.98 Å². The summed E-state index contributed by atoms with van der Waals surface area (Å²) in [4.78, 5) is 16.9. The van der Waals surface area contributed by atoms with Crippen molar-refractivity contribution in [3.63, 3.8) is 0 Å². The van der Waals surface area contributed by atoms with E-state index in [0.717, 1.165) is 5.56 Å². The summed E-state index contributed by atoms with van der Waals surface area (Å²) in [6.45, 7) is 0.436. The Labute approximate surface area is 144 Å². The minimum atomic E-state index is -0.133. The van der Waals surface area contributed by atoms with Crippen LogP contribution in [-0.2, 0) is 13.0 Å². The van der Waals surface area contributed by atoms with Gasteiger partial charge in [0.2, 0.25) is 5.28 Å². The molecule has 0 spiro atoms. The average molecular weight is 345 g/mol. The number of fused-ring (bicyclic) bond motifs is 1. The number of aromatic nitrogens is 2. The molecule has 0 saturated carbocycles. The molecule has 6 heteroatoms. The largest absolute Gasteiger partial charge is 0.493 e. The van der Waals surface area contributed by atoms with Crippen LogP contribution in [0.1, 0.15) is 5.56 Å². The molecule has 3 rings (SSSR count). The Balaban J connectivity index is 1.90. The highest BCUT2D eigenvalue weighted by Crippen LogP contribution is 2.27. The molecule has 1 heterocycles. The summed E-state index contributed by atoms with van der Waals surface area (Å²) in [5.41, 5.74) is 1.49. The van der Waals surface area contributed by atoms with Gasteiger partial charge in [-0.3, -0.25) is 9.36 Å². The molecular formula is C18H17ClN2O3. The standard InChI is InChI=1S/C18H17ClN2O3/c1-23-15-8-7-12(11-16(15)24-2)9-10-21-17(22)13-5-3-4-6-14(13)20-18(21)19/h3-8,11H,9-10H2,1-2H3. The fraction of sp³-hybridized carbons (Fsp3) is 0.222. The van der Waals surface area contributed by atoms with Gasteiger partial charge < -0.3 is 9.47 Å². The Morgan fingerprint density at radius 2 is 1.83 bits per heavy atom. The normalized spacial score (nSPS) is 10.8. The summed E-state index contributed by atoms with van der Waals surface area (Å²) in [7, 11) is 3.19. The van der Waals surface area contributed by atoms with Crippen LogP contribution in [0.2, 0.25) is 5.28 Å². The van der Waals surface area contributed by atoms with Crippen LogP contribution in [0.5, 0.6) is 11.5 Å². The van der Waals surface area contributed by atoms with E-state index in [-0.39, 0.29) is 10.8 Å². The molecule has 0 aliphatic heterocycles. The van der Waals surface area contributed by atoms with Crippen molar-refractivity contribution < 1.29 is 9.47 Å². The van der Waals surface area contributed by atoms with Crippen molar-refractivity contribution in [3.05, 3.63) is 63.7 Å². The first kappa shape index (κ1) is 16.3. The van der Waals surface area contributed by atoms with Crippen LogP contribution in [0.4, 0.5) is 0 Å². The van der Waals surface area contributed by atoms with Crippen LogP contribution in [0, 0.1) is 0 Å². The SMILES string of the molecule is COc1ccc(CCn2c(Cl)nc3ccccc3c2=O)cc1OC. The predicted molar refractivity (Wildman–Crippen MR) is 94.3 cm³/mol. The Bertz CT molecular complexity index is 937. The molecule has 0 amide bonds. The number of halogens is 1. The Hall–Kier alpha value is -2.53. The van der Waals surface area contributed by atoms with Gasteiger partial charge >= 0.3 is 0 Å². The third-order valence-electron chi connectivity index (χ3n) is 3.89. The van der Waals surface area contributed by atoms with E-state index in [1.54, 1.807) is 26.4 Å². The fourth-order valence-corrected chi connectivity index (χ4v) is 2.86. The first-order valence-corrected chi connectivity index (χ1v) is 7.88. The Kier molecular flexibility index (Phi) is 4.71. The lowest BCUT2D eigenvalue weighted by Gasteiger charge is -2.11. The molecule has 0 bridgehead atoms. The zero-order chi connectivity index (χ0) is 17.1.